The summed E-state index contributed by atoms with van der Waals surface area (Å²) in [7, 11) is 3.33. The van der Waals surface area contributed by atoms with Gasteiger partial charge in [0.2, 0.25) is 0 Å². The van der Waals surface area contributed by atoms with Gasteiger partial charge in [-0.3, -0.25) is 4.90 Å². The highest BCUT2D eigenvalue weighted by Crippen LogP contribution is 2.38. The third-order valence-corrected chi connectivity index (χ3v) is 6.47. The second-order valence-electron chi connectivity index (χ2n) is 8.15. The molecule has 0 amide bonds. The SMILES string of the molecule is COc1cccc(-c2ccc3nc([C@@H]4CCCN(C5CCC5)C4)nn3c2)c1OC. The summed E-state index contributed by atoms with van der Waals surface area (Å²) >= 11 is 0. The molecule has 6 heteroatoms. The number of nitrogens with zero attached hydrogens (tertiary/aromatic N) is 4. The first-order chi connectivity index (χ1) is 14.3. The number of fused-ring (bicyclic) bond motifs is 1. The van der Waals surface area contributed by atoms with Crippen molar-refractivity contribution >= 4 is 5.65 Å². The minimum absolute atomic E-state index is 0.430. The van der Waals surface area contributed by atoms with E-state index in [9.17, 15) is 0 Å². The van der Waals surface area contributed by atoms with Crippen LogP contribution in [0.4, 0.5) is 0 Å². The molecule has 6 nitrogen and oxygen atoms in total. The predicted octanol–water partition coefficient (Wildman–Crippen LogP) is 4.15. The standard InChI is InChI=1S/C23H28N4O2/c1-28-20-10-4-9-19(22(20)29-2)16-11-12-21-24-23(25-27(21)15-16)17-6-5-13-26(14-17)18-7-3-8-18/h4,9-12,15,17-18H,3,5-8,13-14H2,1-2H3/t17-/m1/s1. The van der Waals surface area contributed by atoms with Gasteiger partial charge in [-0.1, -0.05) is 18.6 Å². The number of pyridine rings is 1. The Balaban J connectivity index is 1.45. The van der Waals surface area contributed by atoms with E-state index >= 15 is 0 Å². The van der Waals surface area contributed by atoms with Gasteiger partial charge in [-0.05, 0) is 50.4 Å². The van der Waals surface area contributed by atoms with E-state index in [1.807, 2.05) is 35.0 Å². The van der Waals surface area contributed by atoms with Crippen molar-refractivity contribution < 1.29 is 9.47 Å². The molecule has 0 N–H and O–H groups in total. The molecule has 2 fully saturated rings. The number of para-hydroxylation sites is 1. The van der Waals surface area contributed by atoms with Gasteiger partial charge in [-0.25, -0.2) is 9.50 Å². The molecule has 0 radical (unpaired) electrons. The second kappa shape index (κ2) is 7.67. The van der Waals surface area contributed by atoms with Gasteiger partial charge in [-0.15, -0.1) is 0 Å². The number of benzene rings is 1. The Bertz CT molecular complexity index is 1010. The van der Waals surface area contributed by atoms with E-state index in [2.05, 4.69) is 11.0 Å². The number of methoxy groups -OCH3 is 2. The largest absolute Gasteiger partial charge is 0.493 e. The van der Waals surface area contributed by atoms with Gasteiger partial charge in [0.05, 0.1) is 14.2 Å². The van der Waals surface area contributed by atoms with Crippen molar-refractivity contribution in [1.29, 1.82) is 0 Å². The summed E-state index contributed by atoms with van der Waals surface area (Å²) in [6.45, 7) is 2.33. The van der Waals surface area contributed by atoms with Crippen LogP contribution < -0.4 is 9.47 Å². The smallest absolute Gasteiger partial charge is 0.168 e. The van der Waals surface area contributed by atoms with Crippen LogP contribution in [0.25, 0.3) is 16.8 Å². The quantitative estimate of drug-likeness (QED) is 0.653. The summed E-state index contributed by atoms with van der Waals surface area (Å²) < 4.78 is 13.0. The summed E-state index contributed by atoms with van der Waals surface area (Å²) in [5.41, 5.74) is 2.91. The van der Waals surface area contributed by atoms with E-state index in [4.69, 9.17) is 19.6 Å². The fraction of sp³-hybridized carbons (Fsp3) is 0.478. The highest BCUT2D eigenvalue weighted by Gasteiger charge is 2.31. The number of likely N-dealkylation sites (tertiary alicyclic amines) is 1. The molecule has 2 aliphatic rings. The summed E-state index contributed by atoms with van der Waals surface area (Å²) in [6.07, 6.45) is 8.55. The van der Waals surface area contributed by atoms with Crippen molar-refractivity contribution in [3.05, 3.63) is 42.4 Å². The lowest BCUT2D eigenvalue weighted by Crippen LogP contribution is -2.45. The fourth-order valence-electron chi connectivity index (χ4n) is 4.65. The zero-order valence-corrected chi connectivity index (χ0v) is 17.2. The van der Waals surface area contributed by atoms with E-state index in [-0.39, 0.29) is 0 Å². The summed E-state index contributed by atoms with van der Waals surface area (Å²) in [5, 5.41) is 4.87. The van der Waals surface area contributed by atoms with Crippen LogP contribution in [0, 0.1) is 0 Å². The molecule has 2 aromatic heterocycles. The van der Waals surface area contributed by atoms with Gasteiger partial charge in [0.1, 0.15) is 0 Å². The minimum Gasteiger partial charge on any atom is -0.493 e. The zero-order valence-electron chi connectivity index (χ0n) is 17.2. The lowest BCUT2D eigenvalue weighted by atomic mass is 9.87. The molecule has 3 heterocycles. The number of hydrogen-bond acceptors (Lipinski definition) is 5. The molecule has 5 rings (SSSR count). The Labute approximate surface area is 171 Å². The van der Waals surface area contributed by atoms with E-state index in [1.54, 1.807) is 14.2 Å². The Morgan fingerprint density at radius 3 is 2.66 bits per heavy atom. The molecule has 1 aliphatic heterocycles. The van der Waals surface area contributed by atoms with Crippen LogP contribution >= 0.6 is 0 Å². The molecule has 1 aromatic carbocycles. The van der Waals surface area contributed by atoms with Crippen molar-refractivity contribution in [2.75, 3.05) is 27.3 Å². The maximum atomic E-state index is 5.61. The Morgan fingerprint density at radius 1 is 1.00 bits per heavy atom. The van der Waals surface area contributed by atoms with Crippen molar-refractivity contribution in [2.45, 2.75) is 44.1 Å². The van der Waals surface area contributed by atoms with Gasteiger partial charge in [0.25, 0.3) is 0 Å². The molecule has 3 aromatic rings. The third-order valence-electron chi connectivity index (χ3n) is 6.47. The molecular weight excluding hydrogens is 364 g/mol. The molecule has 0 unspecified atom stereocenters. The number of aromatic nitrogens is 3. The average molecular weight is 393 g/mol. The van der Waals surface area contributed by atoms with E-state index in [0.717, 1.165) is 46.7 Å². The molecule has 1 atom stereocenters. The molecule has 0 spiro atoms. The highest BCUT2D eigenvalue weighted by atomic mass is 16.5. The predicted molar refractivity (Wildman–Crippen MR) is 113 cm³/mol. The number of rotatable bonds is 5. The average Bonchev–Trinajstić information content (AvgIpc) is 3.15. The Morgan fingerprint density at radius 2 is 1.90 bits per heavy atom. The van der Waals surface area contributed by atoms with Crippen molar-refractivity contribution in [1.82, 2.24) is 19.5 Å². The van der Waals surface area contributed by atoms with E-state index in [0.29, 0.717) is 5.92 Å². The Kier molecular flexibility index (Phi) is 4.87. The van der Waals surface area contributed by atoms with Gasteiger partial charge < -0.3 is 9.47 Å². The molecule has 1 saturated carbocycles. The lowest BCUT2D eigenvalue weighted by molar-refractivity contribution is 0.0929. The van der Waals surface area contributed by atoms with E-state index in [1.165, 1.54) is 38.6 Å². The maximum Gasteiger partial charge on any atom is 0.168 e. The summed E-state index contributed by atoms with van der Waals surface area (Å²) in [6, 6.07) is 10.8. The molecule has 1 aliphatic carbocycles. The first-order valence-electron chi connectivity index (χ1n) is 10.6. The van der Waals surface area contributed by atoms with Gasteiger partial charge in [0.15, 0.2) is 23.0 Å². The van der Waals surface area contributed by atoms with Crippen LogP contribution in [0.2, 0.25) is 0 Å². The van der Waals surface area contributed by atoms with Crippen LogP contribution in [-0.2, 0) is 0 Å². The first-order valence-corrected chi connectivity index (χ1v) is 10.6. The van der Waals surface area contributed by atoms with Crippen LogP contribution in [0.3, 0.4) is 0 Å². The van der Waals surface area contributed by atoms with Crippen molar-refractivity contribution in [3.63, 3.8) is 0 Å². The van der Waals surface area contributed by atoms with Crippen LogP contribution in [0.15, 0.2) is 36.5 Å². The number of ether oxygens (including phenoxy) is 2. The van der Waals surface area contributed by atoms with Gasteiger partial charge >= 0.3 is 0 Å². The molecule has 152 valence electrons. The molecular formula is C23H28N4O2. The van der Waals surface area contributed by atoms with Crippen LogP contribution in [0.1, 0.15) is 43.8 Å². The zero-order chi connectivity index (χ0) is 19.8. The third kappa shape index (κ3) is 3.35. The van der Waals surface area contributed by atoms with Crippen LogP contribution in [-0.4, -0.2) is 52.8 Å². The highest BCUT2D eigenvalue weighted by molar-refractivity contribution is 5.74. The monoisotopic (exact) mass is 392 g/mol. The molecule has 0 bridgehead atoms. The normalized spacial score (nSPS) is 20.6. The fourth-order valence-corrected chi connectivity index (χ4v) is 4.65. The van der Waals surface area contributed by atoms with Crippen molar-refractivity contribution in [3.8, 4) is 22.6 Å². The number of piperidine rings is 1. The number of hydrogen-bond donors (Lipinski definition) is 0. The second-order valence-corrected chi connectivity index (χ2v) is 8.15. The van der Waals surface area contributed by atoms with Crippen molar-refractivity contribution in [2.24, 2.45) is 0 Å². The molecule has 29 heavy (non-hydrogen) atoms. The Hall–Kier alpha value is -2.60. The van der Waals surface area contributed by atoms with Gasteiger partial charge in [0, 0.05) is 35.8 Å². The summed E-state index contributed by atoms with van der Waals surface area (Å²) in [5.74, 6) is 2.86. The first kappa shape index (κ1) is 18.4. The van der Waals surface area contributed by atoms with E-state index < -0.39 is 0 Å². The lowest BCUT2D eigenvalue weighted by Gasteiger charge is -2.41. The maximum absolute atomic E-state index is 5.61. The summed E-state index contributed by atoms with van der Waals surface area (Å²) in [4.78, 5) is 7.52. The van der Waals surface area contributed by atoms with Gasteiger partial charge in [-0.2, -0.15) is 5.10 Å². The topological polar surface area (TPSA) is 51.9 Å². The molecule has 1 saturated heterocycles. The minimum atomic E-state index is 0.430. The van der Waals surface area contributed by atoms with Crippen LogP contribution in [0.5, 0.6) is 11.5 Å².